The Morgan fingerprint density at radius 1 is 1.42 bits per heavy atom. The molecule has 0 spiro atoms. The Morgan fingerprint density at radius 3 is 2.74 bits per heavy atom. The van der Waals surface area contributed by atoms with Gasteiger partial charge >= 0.3 is 5.97 Å². The lowest BCUT2D eigenvalue weighted by Gasteiger charge is -2.04. The predicted octanol–water partition coefficient (Wildman–Crippen LogP) is 0.840. The monoisotopic (exact) mass is 325 g/mol. The Morgan fingerprint density at radius 2 is 2.16 bits per heavy atom. The van der Waals surface area contributed by atoms with Crippen LogP contribution in [0.25, 0.3) is 0 Å². The third-order valence-electron chi connectivity index (χ3n) is 2.08. The highest BCUT2D eigenvalue weighted by Crippen LogP contribution is 2.19. The second kappa shape index (κ2) is 7.85. The first-order valence-electron chi connectivity index (χ1n) is 5.47. The van der Waals surface area contributed by atoms with Crippen LogP contribution in [-0.2, 0) is 10.0 Å². The van der Waals surface area contributed by atoms with Gasteiger partial charge in [0.05, 0.1) is 4.90 Å². The molecule has 1 rings (SSSR count). The number of rotatable bonds is 9. The van der Waals surface area contributed by atoms with Crippen molar-refractivity contribution in [3.05, 3.63) is 16.3 Å². The second-order valence-corrected chi connectivity index (χ2v) is 7.44. The van der Waals surface area contributed by atoms with Crippen molar-refractivity contribution < 1.29 is 23.4 Å². The highest BCUT2D eigenvalue weighted by molar-refractivity contribution is 7.99. The molecular weight excluding hydrogens is 310 g/mol. The average Bonchev–Trinajstić information content (AvgIpc) is 2.84. The summed E-state index contributed by atoms with van der Waals surface area (Å²) < 4.78 is 26.0. The maximum absolute atomic E-state index is 11.8. The summed E-state index contributed by atoms with van der Waals surface area (Å²) in [5, 5.41) is 18.6. The lowest BCUT2D eigenvalue weighted by molar-refractivity contribution is 0.0702. The number of thioether (sulfide) groups is 1. The highest BCUT2D eigenvalue weighted by atomic mass is 32.2. The fraction of sp³-hybridized carbons (Fsp3) is 0.500. The van der Waals surface area contributed by atoms with Gasteiger partial charge in [0.2, 0.25) is 10.0 Å². The van der Waals surface area contributed by atoms with E-state index in [0.29, 0.717) is 12.2 Å². The number of aliphatic hydroxyl groups is 1. The Balaban J connectivity index is 2.44. The zero-order chi connectivity index (χ0) is 14.3. The molecule has 3 N–H and O–H groups in total. The Hall–Kier alpha value is -0.610. The van der Waals surface area contributed by atoms with Gasteiger partial charge in [-0.2, -0.15) is 11.8 Å². The number of carboxylic acid groups (broad SMARTS) is 1. The summed E-state index contributed by atoms with van der Waals surface area (Å²) in [6.45, 7) is 0.405. The SMILES string of the molecule is O=C(O)c1cc(S(=O)(=O)NCCSCCCO)cs1. The first-order valence-corrected chi connectivity index (χ1v) is 8.99. The van der Waals surface area contributed by atoms with E-state index in [1.165, 1.54) is 5.38 Å². The van der Waals surface area contributed by atoms with E-state index in [-0.39, 0.29) is 22.9 Å². The van der Waals surface area contributed by atoms with Gasteiger partial charge in [0.15, 0.2) is 0 Å². The summed E-state index contributed by atoms with van der Waals surface area (Å²) in [6.07, 6.45) is 0.684. The summed E-state index contributed by atoms with van der Waals surface area (Å²) in [6, 6.07) is 1.15. The summed E-state index contributed by atoms with van der Waals surface area (Å²) >= 11 is 2.43. The van der Waals surface area contributed by atoms with Crippen molar-refractivity contribution in [2.45, 2.75) is 11.3 Å². The minimum absolute atomic E-state index is 0.00213. The van der Waals surface area contributed by atoms with Crippen molar-refractivity contribution >= 4 is 39.1 Å². The van der Waals surface area contributed by atoms with Crippen LogP contribution >= 0.6 is 23.1 Å². The van der Waals surface area contributed by atoms with Gasteiger partial charge < -0.3 is 10.2 Å². The highest BCUT2D eigenvalue weighted by Gasteiger charge is 2.17. The molecule has 0 saturated carbocycles. The van der Waals surface area contributed by atoms with E-state index in [0.717, 1.165) is 23.2 Å². The molecule has 1 heterocycles. The largest absolute Gasteiger partial charge is 0.477 e. The Kier molecular flexibility index (Phi) is 6.80. The number of aromatic carboxylic acids is 1. The first kappa shape index (κ1) is 16.4. The molecule has 1 aromatic heterocycles. The van der Waals surface area contributed by atoms with E-state index in [2.05, 4.69) is 4.72 Å². The average molecular weight is 325 g/mol. The number of carboxylic acids is 1. The third kappa shape index (κ3) is 5.49. The van der Waals surface area contributed by atoms with Crippen LogP contribution in [0.4, 0.5) is 0 Å². The van der Waals surface area contributed by atoms with E-state index in [1.54, 1.807) is 11.8 Å². The number of nitrogens with one attached hydrogen (secondary N) is 1. The van der Waals surface area contributed by atoms with Crippen LogP contribution in [0.2, 0.25) is 0 Å². The maximum atomic E-state index is 11.8. The summed E-state index contributed by atoms with van der Waals surface area (Å²) in [4.78, 5) is 10.7. The normalized spacial score (nSPS) is 11.6. The van der Waals surface area contributed by atoms with Crippen LogP contribution in [0.3, 0.4) is 0 Å². The van der Waals surface area contributed by atoms with Crippen molar-refractivity contribution in [2.75, 3.05) is 24.7 Å². The maximum Gasteiger partial charge on any atom is 0.345 e. The van der Waals surface area contributed by atoms with Gasteiger partial charge in [-0.25, -0.2) is 17.9 Å². The van der Waals surface area contributed by atoms with Gasteiger partial charge in [-0.3, -0.25) is 0 Å². The fourth-order valence-corrected chi connectivity index (χ4v) is 4.23. The number of carbonyl (C=O) groups is 1. The summed E-state index contributed by atoms with van der Waals surface area (Å²) in [7, 11) is -3.63. The van der Waals surface area contributed by atoms with E-state index >= 15 is 0 Å². The van der Waals surface area contributed by atoms with Crippen LogP contribution in [-0.4, -0.2) is 49.3 Å². The van der Waals surface area contributed by atoms with E-state index in [4.69, 9.17) is 10.2 Å². The number of thiophene rings is 1. The number of aliphatic hydroxyl groups excluding tert-OH is 1. The van der Waals surface area contributed by atoms with Crippen molar-refractivity contribution in [1.29, 1.82) is 0 Å². The number of hydrogen-bond donors (Lipinski definition) is 3. The molecule has 0 aromatic carbocycles. The molecular formula is C10H15NO5S3. The Bertz CT molecular complexity index is 511. The van der Waals surface area contributed by atoms with Gasteiger partial charge in [0.1, 0.15) is 4.88 Å². The molecule has 108 valence electrons. The summed E-state index contributed by atoms with van der Waals surface area (Å²) in [5.74, 6) is 0.251. The molecule has 0 aliphatic carbocycles. The van der Waals surface area contributed by atoms with Crippen molar-refractivity contribution in [3.63, 3.8) is 0 Å². The molecule has 0 aliphatic heterocycles. The van der Waals surface area contributed by atoms with Crippen LogP contribution < -0.4 is 4.72 Å². The number of sulfonamides is 1. The minimum atomic E-state index is -3.63. The van der Waals surface area contributed by atoms with Crippen LogP contribution in [0.15, 0.2) is 16.3 Å². The minimum Gasteiger partial charge on any atom is -0.477 e. The lowest BCUT2D eigenvalue weighted by atomic mass is 10.5. The molecule has 0 saturated heterocycles. The zero-order valence-corrected chi connectivity index (χ0v) is 12.5. The predicted molar refractivity (Wildman–Crippen MR) is 75.5 cm³/mol. The standard InChI is InChI=1S/C10H15NO5S3/c12-3-1-4-17-5-2-11-19(15,16)8-6-9(10(13)14)18-7-8/h6-7,11-12H,1-5H2,(H,13,14). The topological polar surface area (TPSA) is 104 Å². The van der Waals surface area contributed by atoms with Crippen LogP contribution in [0.1, 0.15) is 16.1 Å². The van der Waals surface area contributed by atoms with Gasteiger partial charge in [-0.15, -0.1) is 11.3 Å². The van der Waals surface area contributed by atoms with Gasteiger partial charge in [-0.05, 0) is 18.2 Å². The van der Waals surface area contributed by atoms with Crippen LogP contribution in [0.5, 0.6) is 0 Å². The zero-order valence-electron chi connectivity index (χ0n) is 10.0. The molecule has 6 nitrogen and oxygen atoms in total. The number of hydrogen-bond acceptors (Lipinski definition) is 6. The molecule has 0 unspecified atom stereocenters. The molecule has 0 bridgehead atoms. The Labute approximate surface area is 119 Å². The molecule has 19 heavy (non-hydrogen) atoms. The third-order valence-corrected chi connectivity index (χ3v) is 5.66. The van der Waals surface area contributed by atoms with Gasteiger partial charge in [0.25, 0.3) is 0 Å². The fourth-order valence-electron chi connectivity index (χ4n) is 1.17. The molecule has 1 aromatic rings. The smallest absolute Gasteiger partial charge is 0.345 e. The lowest BCUT2D eigenvalue weighted by Crippen LogP contribution is -2.25. The quantitative estimate of drug-likeness (QED) is 0.581. The van der Waals surface area contributed by atoms with E-state index < -0.39 is 16.0 Å². The molecule has 0 atom stereocenters. The van der Waals surface area contributed by atoms with E-state index in [9.17, 15) is 13.2 Å². The van der Waals surface area contributed by atoms with Crippen molar-refractivity contribution in [3.8, 4) is 0 Å². The van der Waals surface area contributed by atoms with Crippen LogP contribution in [0, 0.1) is 0 Å². The molecule has 9 heteroatoms. The second-order valence-electron chi connectivity index (χ2n) is 3.54. The molecule has 0 fully saturated rings. The van der Waals surface area contributed by atoms with Gasteiger partial charge in [0, 0.05) is 24.3 Å². The molecule has 0 radical (unpaired) electrons. The first-order chi connectivity index (χ1) is 8.97. The summed E-state index contributed by atoms with van der Waals surface area (Å²) in [5.41, 5.74) is 0. The van der Waals surface area contributed by atoms with Gasteiger partial charge in [-0.1, -0.05) is 0 Å². The molecule has 0 amide bonds. The van der Waals surface area contributed by atoms with E-state index in [1.807, 2.05) is 0 Å². The molecule has 0 aliphatic rings. The van der Waals surface area contributed by atoms with Crippen molar-refractivity contribution in [2.24, 2.45) is 0 Å². The van der Waals surface area contributed by atoms with Crippen molar-refractivity contribution in [1.82, 2.24) is 4.72 Å².